The van der Waals surface area contributed by atoms with Crippen LogP contribution in [0.4, 0.5) is 0 Å². The van der Waals surface area contributed by atoms with Crippen LogP contribution in [0.1, 0.15) is 20.8 Å². The largest absolute Gasteiger partial charge is 0.345 e. The van der Waals surface area contributed by atoms with Crippen molar-refractivity contribution in [2.24, 2.45) is 5.92 Å². The summed E-state index contributed by atoms with van der Waals surface area (Å²) in [5, 5.41) is 6.16. The summed E-state index contributed by atoms with van der Waals surface area (Å²) in [4.78, 5) is 27.9. The van der Waals surface area contributed by atoms with Gasteiger partial charge in [-0.05, 0) is 19.9 Å². The van der Waals surface area contributed by atoms with E-state index in [1.54, 1.807) is 0 Å². The van der Waals surface area contributed by atoms with Crippen molar-refractivity contribution in [1.29, 1.82) is 0 Å². The molecule has 0 radical (unpaired) electrons. The van der Waals surface area contributed by atoms with Crippen LogP contribution >= 0.6 is 0 Å². The highest BCUT2D eigenvalue weighted by atomic mass is 16.2. The number of carbonyl (C=O) groups excluding carboxylic acids is 2. The van der Waals surface area contributed by atoms with Gasteiger partial charge in [-0.25, -0.2) is 0 Å². The van der Waals surface area contributed by atoms with Gasteiger partial charge in [0.25, 0.3) is 0 Å². The Balaban J connectivity index is 2.27. The van der Waals surface area contributed by atoms with Crippen LogP contribution in [0.2, 0.25) is 0 Å². The van der Waals surface area contributed by atoms with Gasteiger partial charge >= 0.3 is 0 Å². The molecule has 6 heteroatoms. The van der Waals surface area contributed by atoms with Crippen LogP contribution in [0.25, 0.3) is 0 Å². The zero-order valence-corrected chi connectivity index (χ0v) is 13.8. The summed E-state index contributed by atoms with van der Waals surface area (Å²) in [6, 6.07) is -0.376. The van der Waals surface area contributed by atoms with E-state index in [0.29, 0.717) is 6.54 Å². The zero-order chi connectivity index (χ0) is 15.8. The third-order valence-corrected chi connectivity index (χ3v) is 3.84. The van der Waals surface area contributed by atoms with E-state index in [1.165, 1.54) is 6.92 Å². The smallest absolute Gasteiger partial charge is 0.234 e. The molecule has 1 saturated heterocycles. The van der Waals surface area contributed by atoms with Crippen molar-refractivity contribution < 1.29 is 9.59 Å². The Kier molecular flexibility index (Phi) is 7.85. The Morgan fingerprint density at radius 3 is 2.43 bits per heavy atom. The van der Waals surface area contributed by atoms with Crippen LogP contribution in [0.5, 0.6) is 0 Å². The number of piperazine rings is 1. The van der Waals surface area contributed by atoms with E-state index in [1.807, 2.05) is 25.8 Å². The monoisotopic (exact) mass is 298 g/mol. The molecular weight excluding hydrogens is 268 g/mol. The quantitative estimate of drug-likeness (QED) is 0.636. The first-order valence-corrected chi connectivity index (χ1v) is 7.81. The average molecular weight is 298 g/mol. The van der Waals surface area contributed by atoms with E-state index < -0.39 is 0 Å². The summed E-state index contributed by atoms with van der Waals surface area (Å²) >= 11 is 0. The summed E-state index contributed by atoms with van der Waals surface area (Å²) in [5.74, 6) is 0.0612. The van der Waals surface area contributed by atoms with Crippen LogP contribution in [-0.2, 0) is 9.59 Å². The molecule has 0 spiro atoms. The van der Waals surface area contributed by atoms with Crippen molar-refractivity contribution in [3.8, 4) is 0 Å². The highest BCUT2D eigenvalue weighted by Crippen LogP contribution is 2.02. The SMILES string of the molecule is CC(=O)C(NC(=O)CN(C)CCN1CCNCC1)C(C)C. The summed E-state index contributed by atoms with van der Waals surface area (Å²) < 4.78 is 0. The zero-order valence-electron chi connectivity index (χ0n) is 13.8. The molecule has 1 amide bonds. The second-order valence-electron chi connectivity index (χ2n) is 6.23. The Bertz CT molecular complexity index is 341. The lowest BCUT2D eigenvalue weighted by atomic mass is 10.0. The molecule has 0 saturated carbocycles. The van der Waals surface area contributed by atoms with Crippen LogP contribution < -0.4 is 10.6 Å². The minimum absolute atomic E-state index is 0.0156. The van der Waals surface area contributed by atoms with Gasteiger partial charge in [0.05, 0.1) is 12.6 Å². The third-order valence-electron chi connectivity index (χ3n) is 3.84. The van der Waals surface area contributed by atoms with E-state index in [0.717, 1.165) is 39.3 Å². The number of carbonyl (C=O) groups is 2. The molecule has 0 aliphatic carbocycles. The van der Waals surface area contributed by atoms with Crippen molar-refractivity contribution in [2.75, 3.05) is 52.9 Å². The van der Waals surface area contributed by atoms with E-state index in [9.17, 15) is 9.59 Å². The Hall–Kier alpha value is -0.980. The highest BCUT2D eigenvalue weighted by Gasteiger charge is 2.21. The molecule has 1 rings (SSSR count). The van der Waals surface area contributed by atoms with Crippen molar-refractivity contribution >= 4 is 11.7 Å². The molecule has 1 aliphatic heterocycles. The summed E-state index contributed by atoms with van der Waals surface area (Å²) in [6.45, 7) is 11.8. The predicted octanol–water partition coefficient (Wildman–Crippen LogP) is -0.447. The molecule has 0 aromatic carbocycles. The number of amides is 1. The summed E-state index contributed by atoms with van der Waals surface area (Å²) in [5.41, 5.74) is 0. The van der Waals surface area contributed by atoms with Crippen molar-refractivity contribution in [1.82, 2.24) is 20.4 Å². The normalized spacial score (nSPS) is 18.0. The molecule has 6 nitrogen and oxygen atoms in total. The van der Waals surface area contributed by atoms with Gasteiger partial charge in [0.15, 0.2) is 5.78 Å². The number of nitrogens with one attached hydrogen (secondary N) is 2. The minimum atomic E-state index is -0.376. The molecule has 1 fully saturated rings. The van der Waals surface area contributed by atoms with Gasteiger partial charge < -0.3 is 10.6 Å². The number of nitrogens with zero attached hydrogens (tertiary/aromatic N) is 2. The molecule has 1 heterocycles. The van der Waals surface area contributed by atoms with Gasteiger partial charge in [-0.2, -0.15) is 0 Å². The van der Waals surface area contributed by atoms with E-state index in [2.05, 4.69) is 15.5 Å². The molecule has 1 aliphatic rings. The maximum Gasteiger partial charge on any atom is 0.234 e. The third kappa shape index (κ3) is 7.02. The average Bonchev–Trinajstić information content (AvgIpc) is 2.43. The fourth-order valence-electron chi connectivity index (χ4n) is 2.53. The van der Waals surface area contributed by atoms with Gasteiger partial charge in [-0.15, -0.1) is 0 Å². The second kappa shape index (κ2) is 9.12. The first-order chi connectivity index (χ1) is 9.90. The van der Waals surface area contributed by atoms with E-state index in [-0.39, 0.29) is 23.7 Å². The molecule has 21 heavy (non-hydrogen) atoms. The predicted molar refractivity (Wildman–Crippen MR) is 84.3 cm³/mol. The maximum absolute atomic E-state index is 12.0. The van der Waals surface area contributed by atoms with E-state index >= 15 is 0 Å². The topological polar surface area (TPSA) is 64.7 Å². The van der Waals surface area contributed by atoms with Crippen LogP contribution in [0.15, 0.2) is 0 Å². The maximum atomic E-state index is 12.0. The van der Waals surface area contributed by atoms with Gasteiger partial charge in [0.2, 0.25) is 5.91 Å². The Morgan fingerprint density at radius 1 is 1.29 bits per heavy atom. The first kappa shape index (κ1) is 18.1. The number of ketones is 1. The molecule has 0 aromatic heterocycles. The number of likely N-dealkylation sites (N-methyl/N-ethyl adjacent to an activating group) is 1. The molecule has 122 valence electrons. The summed E-state index contributed by atoms with van der Waals surface area (Å²) in [6.07, 6.45) is 0. The molecular formula is C15H30N4O2. The second-order valence-corrected chi connectivity index (χ2v) is 6.23. The summed E-state index contributed by atoms with van der Waals surface area (Å²) in [7, 11) is 1.94. The van der Waals surface area contributed by atoms with Crippen molar-refractivity contribution in [3.63, 3.8) is 0 Å². The fourth-order valence-corrected chi connectivity index (χ4v) is 2.53. The number of rotatable bonds is 8. The van der Waals surface area contributed by atoms with Crippen LogP contribution in [-0.4, -0.2) is 80.4 Å². The van der Waals surface area contributed by atoms with Gasteiger partial charge in [-0.1, -0.05) is 13.8 Å². The molecule has 0 aromatic rings. The number of Topliss-reactive ketones (excluding diaryl/α,β-unsaturated/α-hetero) is 1. The number of hydrogen-bond donors (Lipinski definition) is 2. The molecule has 1 unspecified atom stereocenters. The Labute approximate surface area is 128 Å². The number of hydrogen-bond acceptors (Lipinski definition) is 5. The molecule has 2 N–H and O–H groups in total. The lowest BCUT2D eigenvalue weighted by Crippen LogP contribution is -2.49. The standard InChI is InChI=1S/C15H30N4O2/c1-12(2)15(13(3)20)17-14(21)11-18(4)9-10-19-7-5-16-6-8-19/h12,15-16H,5-11H2,1-4H3,(H,17,21). The van der Waals surface area contributed by atoms with Crippen molar-refractivity contribution in [3.05, 3.63) is 0 Å². The van der Waals surface area contributed by atoms with E-state index in [4.69, 9.17) is 0 Å². The molecule has 1 atom stereocenters. The Morgan fingerprint density at radius 2 is 1.90 bits per heavy atom. The first-order valence-electron chi connectivity index (χ1n) is 7.81. The van der Waals surface area contributed by atoms with Crippen LogP contribution in [0, 0.1) is 5.92 Å². The van der Waals surface area contributed by atoms with Crippen LogP contribution in [0.3, 0.4) is 0 Å². The lowest BCUT2D eigenvalue weighted by Gasteiger charge is -2.29. The molecule has 0 bridgehead atoms. The minimum Gasteiger partial charge on any atom is -0.345 e. The van der Waals surface area contributed by atoms with Gasteiger partial charge in [0.1, 0.15) is 0 Å². The van der Waals surface area contributed by atoms with Gasteiger partial charge in [-0.3, -0.25) is 19.4 Å². The van der Waals surface area contributed by atoms with Crippen molar-refractivity contribution in [2.45, 2.75) is 26.8 Å². The van der Waals surface area contributed by atoms with Gasteiger partial charge in [0, 0.05) is 39.3 Å². The fraction of sp³-hybridized carbons (Fsp3) is 0.867. The lowest BCUT2D eigenvalue weighted by molar-refractivity contribution is -0.128. The highest BCUT2D eigenvalue weighted by molar-refractivity contribution is 5.88.